The number of benzene rings is 1. The van der Waals surface area contributed by atoms with Gasteiger partial charge in [0.1, 0.15) is 5.01 Å². The van der Waals surface area contributed by atoms with Gasteiger partial charge in [-0.3, -0.25) is 0 Å². The SMILES string of the molecule is CCC(NC(=O)NCCc1cc2ccccc2[nH]1)c1nc(C)cs1. The summed E-state index contributed by atoms with van der Waals surface area (Å²) in [4.78, 5) is 19.9. The highest BCUT2D eigenvalue weighted by atomic mass is 32.1. The zero-order chi connectivity index (χ0) is 16.9. The molecule has 2 aromatic heterocycles. The summed E-state index contributed by atoms with van der Waals surface area (Å²) < 4.78 is 0. The van der Waals surface area contributed by atoms with E-state index in [1.807, 2.05) is 31.4 Å². The van der Waals surface area contributed by atoms with Gasteiger partial charge < -0.3 is 15.6 Å². The first-order valence-electron chi connectivity index (χ1n) is 8.18. The summed E-state index contributed by atoms with van der Waals surface area (Å²) >= 11 is 1.59. The van der Waals surface area contributed by atoms with Crippen molar-refractivity contribution in [3.63, 3.8) is 0 Å². The Morgan fingerprint density at radius 2 is 2.21 bits per heavy atom. The van der Waals surface area contributed by atoms with Crippen LogP contribution in [0.3, 0.4) is 0 Å². The molecule has 3 N–H and O–H groups in total. The van der Waals surface area contributed by atoms with Crippen molar-refractivity contribution in [2.45, 2.75) is 32.7 Å². The number of aryl methyl sites for hydroxylation is 1. The van der Waals surface area contributed by atoms with Crippen LogP contribution in [-0.4, -0.2) is 22.5 Å². The van der Waals surface area contributed by atoms with Crippen LogP contribution in [0.5, 0.6) is 0 Å². The van der Waals surface area contributed by atoms with Gasteiger partial charge in [-0.05, 0) is 30.9 Å². The largest absolute Gasteiger partial charge is 0.358 e. The van der Waals surface area contributed by atoms with Gasteiger partial charge in [0.25, 0.3) is 0 Å². The summed E-state index contributed by atoms with van der Waals surface area (Å²) in [7, 11) is 0. The van der Waals surface area contributed by atoms with Gasteiger partial charge in [0, 0.05) is 35.3 Å². The van der Waals surface area contributed by atoms with E-state index < -0.39 is 0 Å². The predicted octanol–water partition coefficient (Wildman–Crippen LogP) is 3.93. The number of hydrogen-bond donors (Lipinski definition) is 3. The quantitative estimate of drug-likeness (QED) is 0.635. The number of carbonyl (C=O) groups is 1. The number of aromatic amines is 1. The summed E-state index contributed by atoms with van der Waals surface area (Å²) in [6.45, 7) is 4.60. The summed E-state index contributed by atoms with van der Waals surface area (Å²) in [6.07, 6.45) is 1.59. The Morgan fingerprint density at radius 1 is 1.38 bits per heavy atom. The van der Waals surface area contributed by atoms with E-state index in [9.17, 15) is 4.79 Å². The highest BCUT2D eigenvalue weighted by Gasteiger charge is 2.15. The molecule has 126 valence electrons. The third-order valence-electron chi connectivity index (χ3n) is 3.91. The fourth-order valence-corrected chi connectivity index (χ4v) is 3.59. The topological polar surface area (TPSA) is 69.8 Å². The molecule has 0 aliphatic carbocycles. The molecule has 0 saturated heterocycles. The van der Waals surface area contributed by atoms with Crippen molar-refractivity contribution >= 4 is 28.3 Å². The molecule has 1 aromatic carbocycles. The van der Waals surface area contributed by atoms with Crippen molar-refractivity contribution in [1.82, 2.24) is 20.6 Å². The van der Waals surface area contributed by atoms with Crippen LogP contribution in [0.1, 0.15) is 35.8 Å². The number of nitrogens with zero attached hydrogens (tertiary/aromatic N) is 1. The molecule has 0 spiro atoms. The molecule has 0 aliphatic rings. The summed E-state index contributed by atoms with van der Waals surface area (Å²) in [6, 6.07) is 10.1. The molecule has 24 heavy (non-hydrogen) atoms. The zero-order valence-corrected chi connectivity index (χ0v) is 14.7. The number of urea groups is 1. The Labute approximate surface area is 145 Å². The number of nitrogens with one attached hydrogen (secondary N) is 3. The van der Waals surface area contributed by atoms with Gasteiger partial charge in [-0.15, -0.1) is 11.3 Å². The number of rotatable bonds is 6. The van der Waals surface area contributed by atoms with E-state index in [2.05, 4.69) is 38.8 Å². The molecule has 2 heterocycles. The third kappa shape index (κ3) is 3.94. The van der Waals surface area contributed by atoms with Crippen LogP contribution in [0.25, 0.3) is 10.9 Å². The van der Waals surface area contributed by atoms with Gasteiger partial charge in [-0.1, -0.05) is 25.1 Å². The van der Waals surface area contributed by atoms with E-state index in [4.69, 9.17) is 0 Å². The van der Waals surface area contributed by atoms with E-state index in [-0.39, 0.29) is 12.1 Å². The molecule has 0 aliphatic heterocycles. The average molecular weight is 342 g/mol. The highest BCUT2D eigenvalue weighted by Crippen LogP contribution is 2.20. The van der Waals surface area contributed by atoms with Crippen LogP contribution in [0.4, 0.5) is 4.79 Å². The maximum Gasteiger partial charge on any atom is 0.315 e. The van der Waals surface area contributed by atoms with Crippen LogP contribution in [-0.2, 0) is 6.42 Å². The van der Waals surface area contributed by atoms with Crippen LogP contribution < -0.4 is 10.6 Å². The van der Waals surface area contributed by atoms with Gasteiger partial charge in [0.2, 0.25) is 0 Å². The molecule has 1 unspecified atom stereocenters. The molecule has 0 bridgehead atoms. The maximum atomic E-state index is 12.1. The second-order valence-electron chi connectivity index (χ2n) is 5.82. The number of fused-ring (bicyclic) bond motifs is 1. The Kier molecular flexibility index (Phi) is 5.15. The van der Waals surface area contributed by atoms with E-state index >= 15 is 0 Å². The van der Waals surface area contributed by atoms with Crippen molar-refractivity contribution in [3.05, 3.63) is 52.1 Å². The summed E-state index contributed by atoms with van der Waals surface area (Å²) in [5.74, 6) is 0. The molecule has 5 nitrogen and oxygen atoms in total. The molecule has 0 radical (unpaired) electrons. The fraction of sp³-hybridized carbons (Fsp3) is 0.333. The molecule has 1 atom stereocenters. The first kappa shape index (κ1) is 16.5. The minimum atomic E-state index is -0.147. The lowest BCUT2D eigenvalue weighted by molar-refractivity contribution is 0.236. The van der Waals surface area contributed by atoms with Crippen LogP contribution in [0.15, 0.2) is 35.7 Å². The standard InChI is InChI=1S/C18H22N4OS/c1-3-15(17-20-12(2)11-24-17)22-18(23)19-9-8-14-10-13-6-4-5-7-16(13)21-14/h4-7,10-11,15,21H,3,8-9H2,1-2H3,(H2,19,22,23). The number of hydrogen-bond acceptors (Lipinski definition) is 3. The fourth-order valence-electron chi connectivity index (χ4n) is 2.66. The summed E-state index contributed by atoms with van der Waals surface area (Å²) in [5.41, 5.74) is 3.25. The number of H-pyrrole nitrogens is 1. The number of carbonyl (C=O) groups excluding carboxylic acids is 1. The van der Waals surface area contributed by atoms with Gasteiger partial charge >= 0.3 is 6.03 Å². The van der Waals surface area contributed by atoms with Crippen molar-refractivity contribution < 1.29 is 4.79 Å². The van der Waals surface area contributed by atoms with Crippen LogP contribution >= 0.6 is 11.3 Å². The first-order chi connectivity index (χ1) is 11.7. The van der Waals surface area contributed by atoms with Crippen molar-refractivity contribution in [2.24, 2.45) is 0 Å². The Bertz CT molecular complexity index is 790. The third-order valence-corrected chi connectivity index (χ3v) is 4.99. The van der Waals surface area contributed by atoms with E-state index in [0.717, 1.165) is 34.8 Å². The number of amides is 2. The van der Waals surface area contributed by atoms with Crippen molar-refractivity contribution in [3.8, 4) is 0 Å². The average Bonchev–Trinajstić information content (AvgIpc) is 3.18. The number of para-hydroxylation sites is 1. The Morgan fingerprint density at radius 3 is 2.92 bits per heavy atom. The molecule has 6 heteroatoms. The molecular weight excluding hydrogens is 320 g/mol. The lowest BCUT2D eigenvalue weighted by atomic mass is 10.2. The molecule has 0 fully saturated rings. The first-order valence-corrected chi connectivity index (χ1v) is 9.06. The molecule has 3 aromatic rings. The van der Waals surface area contributed by atoms with Crippen LogP contribution in [0.2, 0.25) is 0 Å². The number of aromatic nitrogens is 2. The zero-order valence-electron chi connectivity index (χ0n) is 13.9. The maximum absolute atomic E-state index is 12.1. The molecular formula is C18H22N4OS. The van der Waals surface area contributed by atoms with Crippen molar-refractivity contribution in [1.29, 1.82) is 0 Å². The second kappa shape index (κ2) is 7.49. The van der Waals surface area contributed by atoms with Crippen LogP contribution in [0, 0.1) is 6.92 Å². The smallest absolute Gasteiger partial charge is 0.315 e. The number of thiazole rings is 1. The Balaban J connectivity index is 1.49. The minimum Gasteiger partial charge on any atom is -0.358 e. The van der Waals surface area contributed by atoms with Crippen molar-refractivity contribution in [2.75, 3.05) is 6.54 Å². The van der Waals surface area contributed by atoms with E-state index in [1.54, 1.807) is 11.3 Å². The highest BCUT2D eigenvalue weighted by molar-refractivity contribution is 7.09. The lowest BCUT2D eigenvalue weighted by Crippen LogP contribution is -2.38. The predicted molar refractivity (Wildman–Crippen MR) is 98.4 cm³/mol. The Hall–Kier alpha value is -2.34. The normalized spacial score (nSPS) is 12.2. The minimum absolute atomic E-state index is 0.0308. The van der Waals surface area contributed by atoms with Gasteiger partial charge in [0.15, 0.2) is 0 Å². The molecule has 0 saturated carbocycles. The monoisotopic (exact) mass is 342 g/mol. The lowest BCUT2D eigenvalue weighted by Gasteiger charge is -2.15. The van der Waals surface area contributed by atoms with E-state index in [1.165, 1.54) is 5.39 Å². The van der Waals surface area contributed by atoms with E-state index in [0.29, 0.717) is 6.54 Å². The van der Waals surface area contributed by atoms with Gasteiger partial charge in [-0.2, -0.15) is 0 Å². The second-order valence-corrected chi connectivity index (χ2v) is 6.71. The molecule has 2 amide bonds. The molecule has 3 rings (SSSR count). The van der Waals surface area contributed by atoms with Gasteiger partial charge in [0.05, 0.1) is 6.04 Å². The van der Waals surface area contributed by atoms with Gasteiger partial charge in [-0.25, -0.2) is 9.78 Å². The summed E-state index contributed by atoms with van der Waals surface area (Å²) in [5, 5.41) is 10.1.